The first-order valence-corrected chi connectivity index (χ1v) is 8.83. The van der Waals surface area contributed by atoms with E-state index in [-0.39, 0.29) is 0 Å². The van der Waals surface area contributed by atoms with Crippen LogP contribution < -0.4 is 9.13 Å². The molecule has 0 amide bonds. The van der Waals surface area contributed by atoms with Crippen LogP contribution in [0.15, 0.2) is 97.3 Å². The minimum Gasteiger partial charge on any atom is -0.195 e. The van der Waals surface area contributed by atoms with Gasteiger partial charge in [-0.3, -0.25) is 0 Å². The van der Waals surface area contributed by atoms with Crippen molar-refractivity contribution in [2.75, 3.05) is 0 Å². The summed E-state index contributed by atoms with van der Waals surface area (Å²) in [5.41, 5.74) is 7.29. The summed E-state index contributed by atoms with van der Waals surface area (Å²) in [6, 6.07) is 29.7. The number of aromatic nitrogens is 2. The van der Waals surface area contributed by atoms with Crippen LogP contribution in [-0.4, -0.2) is 0 Å². The van der Waals surface area contributed by atoms with Gasteiger partial charge in [0, 0.05) is 23.3 Å². The Hall–Kier alpha value is -3.26. The van der Waals surface area contributed by atoms with Crippen molar-refractivity contribution in [2.45, 2.75) is 0 Å². The zero-order valence-electron chi connectivity index (χ0n) is 15.1. The molecule has 0 atom stereocenters. The predicted octanol–water partition coefficient (Wildman–Crippen LogP) is 4.34. The summed E-state index contributed by atoms with van der Waals surface area (Å²) < 4.78 is 4.39. The summed E-state index contributed by atoms with van der Waals surface area (Å²) >= 11 is 0. The third-order valence-electron chi connectivity index (χ3n) is 4.74. The van der Waals surface area contributed by atoms with E-state index in [0.29, 0.717) is 0 Å². The highest BCUT2D eigenvalue weighted by atomic mass is 15.0. The molecule has 0 saturated heterocycles. The molecule has 0 aliphatic carbocycles. The Morgan fingerprint density at radius 2 is 0.808 bits per heavy atom. The van der Waals surface area contributed by atoms with Gasteiger partial charge in [-0.2, -0.15) is 9.13 Å². The third-order valence-corrected chi connectivity index (χ3v) is 4.74. The molecular formula is C24H22N2+2. The first-order chi connectivity index (χ1) is 12.7. The second-order valence-electron chi connectivity index (χ2n) is 6.56. The Bertz CT molecular complexity index is 951. The molecule has 0 aliphatic rings. The summed E-state index contributed by atoms with van der Waals surface area (Å²) in [7, 11) is 4.21. The van der Waals surface area contributed by atoms with Gasteiger partial charge in [-0.25, -0.2) is 0 Å². The van der Waals surface area contributed by atoms with Crippen molar-refractivity contribution in [1.82, 2.24) is 0 Å². The van der Waals surface area contributed by atoms with Crippen molar-refractivity contribution >= 4 is 0 Å². The average Bonchev–Trinajstić information content (AvgIpc) is 2.69. The largest absolute Gasteiger partial charge is 0.277 e. The van der Waals surface area contributed by atoms with Crippen LogP contribution in [0, 0.1) is 0 Å². The zero-order valence-corrected chi connectivity index (χ0v) is 15.1. The monoisotopic (exact) mass is 338 g/mol. The summed E-state index contributed by atoms with van der Waals surface area (Å²) in [6.07, 6.45) is 4.38. The van der Waals surface area contributed by atoms with Crippen LogP contribution in [0.2, 0.25) is 0 Å². The van der Waals surface area contributed by atoms with Crippen molar-refractivity contribution in [1.29, 1.82) is 0 Å². The molecule has 4 aromatic rings. The third kappa shape index (κ3) is 3.14. The van der Waals surface area contributed by atoms with Crippen molar-refractivity contribution in [3.05, 3.63) is 97.3 Å². The van der Waals surface area contributed by atoms with Crippen molar-refractivity contribution in [2.24, 2.45) is 14.1 Å². The SMILES string of the molecule is C[n+]1cc(-c2ccccc2)ccc1-c1ccc(-c2ccccc2)c[n+]1C. The lowest BCUT2D eigenvalue weighted by Gasteiger charge is -2.05. The molecule has 4 rings (SSSR count). The highest BCUT2D eigenvalue weighted by Crippen LogP contribution is 2.22. The van der Waals surface area contributed by atoms with Crippen molar-refractivity contribution < 1.29 is 9.13 Å². The highest BCUT2D eigenvalue weighted by Gasteiger charge is 2.20. The lowest BCUT2D eigenvalue weighted by atomic mass is 10.1. The molecule has 0 fully saturated rings. The predicted molar refractivity (Wildman–Crippen MR) is 105 cm³/mol. The quantitative estimate of drug-likeness (QED) is 0.491. The molecule has 0 bridgehead atoms. The fourth-order valence-electron chi connectivity index (χ4n) is 3.35. The maximum atomic E-state index is 2.19. The molecule has 126 valence electrons. The van der Waals surface area contributed by atoms with E-state index in [2.05, 4.69) is 108 Å². The fourth-order valence-corrected chi connectivity index (χ4v) is 3.35. The maximum Gasteiger partial charge on any atom is 0.277 e. The molecule has 2 heteroatoms. The minimum atomic E-state index is 1.19. The molecule has 26 heavy (non-hydrogen) atoms. The van der Waals surface area contributed by atoms with Crippen molar-refractivity contribution in [3.63, 3.8) is 0 Å². The van der Waals surface area contributed by atoms with E-state index >= 15 is 0 Å². The van der Waals surface area contributed by atoms with Crippen LogP contribution in [0.25, 0.3) is 33.6 Å². The van der Waals surface area contributed by atoms with E-state index in [1.165, 1.54) is 33.6 Å². The van der Waals surface area contributed by atoms with Gasteiger partial charge >= 0.3 is 0 Å². The molecule has 2 heterocycles. The Kier molecular flexibility index (Phi) is 4.32. The lowest BCUT2D eigenvalue weighted by Crippen LogP contribution is -2.38. The first-order valence-electron chi connectivity index (χ1n) is 8.83. The van der Waals surface area contributed by atoms with E-state index in [9.17, 15) is 0 Å². The van der Waals surface area contributed by atoms with Crippen LogP contribution in [-0.2, 0) is 14.1 Å². The van der Waals surface area contributed by atoms with Crippen LogP contribution in [0.4, 0.5) is 0 Å². The summed E-state index contributed by atoms with van der Waals surface area (Å²) in [4.78, 5) is 0. The van der Waals surface area contributed by atoms with Gasteiger partial charge in [0.25, 0.3) is 11.4 Å². The number of rotatable bonds is 3. The van der Waals surface area contributed by atoms with Gasteiger partial charge in [-0.15, -0.1) is 0 Å². The van der Waals surface area contributed by atoms with Crippen LogP contribution in [0.3, 0.4) is 0 Å². The van der Waals surface area contributed by atoms with Crippen molar-refractivity contribution in [3.8, 4) is 33.6 Å². The molecule has 2 aromatic heterocycles. The van der Waals surface area contributed by atoms with Gasteiger partial charge in [0.1, 0.15) is 14.1 Å². The first kappa shape index (κ1) is 16.2. The van der Waals surface area contributed by atoms with Crippen LogP contribution in [0.5, 0.6) is 0 Å². The number of nitrogens with zero attached hydrogens (tertiary/aromatic N) is 2. The van der Waals surface area contributed by atoms with E-state index in [1.54, 1.807) is 0 Å². The van der Waals surface area contributed by atoms with Gasteiger partial charge in [0.05, 0.1) is 0 Å². The van der Waals surface area contributed by atoms with Gasteiger partial charge in [0.2, 0.25) is 0 Å². The summed E-state index contributed by atoms with van der Waals surface area (Å²) in [6.45, 7) is 0. The van der Waals surface area contributed by atoms with Gasteiger partial charge in [-0.1, -0.05) is 60.7 Å². The molecule has 0 radical (unpaired) electrons. The average molecular weight is 338 g/mol. The van der Waals surface area contributed by atoms with Crippen LogP contribution in [0.1, 0.15) is 0 Å². The molecular weight excluding hydrogens is 316 g/mol. The Balaban J connectivity index is 1.72. The second-order valence-corrected chi connectivity index (χ2v) is 6.56. The number of hydrogen-bond acceptors (Lipinski definition) is 0. The van der Waals surface area contributed by atoms with Crippen LogP contribution >= 0.6 is 0 Å². The molecule has 2 nitrogen and oxygen atoms in total. The van der Waals surface area contributed by atoms with E-state index in [0.717, 1.165) is 0 Å². The van der Waals surface area contributed by atoms with Gasteiger partial charge in [0.15, 0.2) is 12.4 Å². The zero-order chi connectivity index (χ0) is 17.9. The maximum absolute atomic E-state index is 2.19. The summed E-state index contributed by atoms with van der Waals surface area (Å²) in [5.74, 6) is 0. The van der Waals surface area contributed by atoms with Gasteiger partial charge in [-0.05, 0) is 23.3 Å². The number of pyridine rings is 2. The minimum absolute atomic E-state index is 1.19. The molecule has 0 N–H and O–H groups in total. The highest BCUT2D eigenvalue weighted by molar-refractivity contribution is 5.65. The Morgan fingerprint density at radius 3 is 1.15 bits per heavy atom. The standard InChI is InChI=1S/C24H22N2/c1-25-17-21(19-9-5-3-6-10-19)13-15-23(25)24-16-14-22(18-26(24)2)20-11-7-4-8-12-20/h3-18H,1-2H3/q+2. The topological polar surface area (TPSA) is 7.76 Å². The van der Waals surface area contributed by atoms with E-state index < -0.39 is 0 Å². The van der Waals surface area contributed by atoms with E-state index in [4.69, 9.17) is 0 Å². The Morgan fingerprint density at radius 1 is 0.423 bits per heavy atom. The molecule has 0 saturated carbocycles. The fraction of sp³-hybridized carbons (Fsp3) is 0.0833. The number of benzene rings is 2. The second kappa shape index (κ2) is 6.93. The molecule has 2 aromatic carbocycles. The molecule has 0 aliphatic heterocycles. The Labute approximate surface area is 154 Å². The lowest BCUT2D eigenvalue weighted by molar-refractivity contribution is -0.689. The molecule has 0 unspecified atom stereocenters. The van der Waals surface area contributed by atoms with Gasteiger partial charge < -0.3 is 0 Å². The van der Waals surface area contributed by atoms with E-state index in [1.807, 2.05) is 12.1 Å². The normalized spacial score (nSPS) is 10.7. The summed E-state index contributed by atoms with van der Waals surface area (Å²) in [5, 5.41) is 0. The smallest absolute Gasteiger partial charge is 0.195 e. The number of hydrogen-bond donors (Lipinski definition) is 0. The molecule has 0 spiro atoms. The number of aryl methyl sites for hydroxylation is 2.